The van der Waals surface area contributed by atoms with Crippen molar-refractivity contribution in [3.05, 3.63) is 58.1 Å². The molecule has 0 aliphatic carbocycles. The third-order valence-electron chi connectivity index (χ3n) is 4.73. The second kappa shape index (κ2) is 10.9. The van der Waals surface area contributed by atoms with Gasteiger partial charge in [-0.3, -0.25) is 9.59 Å². The van der Waals surface area contributed by atoms with Crippen LogP contribution in [0.25, 0.3) is 0 Å². The minimum absolute atomic E-state index is 0.0872. The number of hydrogen-bond donors (Lipinski definition) is 1. The van der Waals surface area contributed by atoms with E-state index in [1.54, 1.807) is 33.1 Å². The summed E-state index contributed by atoms with van der Waals surface area (Å²) in [6.45, 7) is 2.10. The number of nitrogens with zero attached hydrogens (tertiary/aromatic N) is 1. The summed E-state index contributed by atoms with van der Waals surface area (Å²) < 4.78 is 11.5. The molecule has 1 unspecified atom stereocenters. The molecule has 1 atom stereocenters. The fraction of sp³-hybridized carbons (Fsp3) is 0.364. The second-order valence-electron chi connectivity index (χ2n) is 6.63. The van der Waals surface area contributed by atoms with Crippen LogP contribution in [0.5, 0.6) is 11.5 Å². The molecule has 1 N–H and O–H groups in total. The van der Waals surface area contributed by atoms with Gasteiger partial charge in [-0.15, -0.1) is 0 Å². The van der Waals surface area contributed by atoms with Crippen LogP contribution in [0, 0.1) is 0 Å². The fourth-order valence-corrected chi connectivity index (χ4v) is 3.50. The molecule has 2 aromatic carbocycles. The molecule has 0 saturated carbocycles. The van der Waals surface area contributed by atoms with E-state index in [0.717, 1.165) is 15.6 Å². The van der Waals surface area contributed by atoms with Crippen molar-refractivity contribution in [2.24, 2.45) is 0 Å². The average Bonchev–Trinajstić information content (AvgIpc) is 2.74. The number of rotatable bonds is 9. The van der Waals surface area contributed by atoms with Crippen LogP contribution in [0.15, 0.2) is 46.9 Å². The Labute approximate surface area is 180 Å². The van der Waals surface area contributed by atoms with Crippen molar-refractivity contribution in [1.29, 1.82) is 0 Å². The Bertz CT molecular complexity index is 856. The van der Waals surface area contributed by atoms with E-state index in [1.807, 2.05) is 42.5 Å². The van der Waals surface area contributed by atoms with Crippen molar-refractivity contribution in [3.8, 4) is 11.5 Å². The van der Waals surface area contributed by atoms with Gasteiger partial charge >= 0.3 is 0 Å². The van der Waals surface area contributed by atoms with Gasteiger partial charge < -0.3 is 19.7 Å². The summed E-state index contributed by atoms with van der Waals surface area (Å²) in [5, 5.41) is 2.63. The third-order valence-corrected chi connectivity index (χ3v) is 5.22. The van der Waals surface area contributed by atoms with Crippen molar-refractivity contribution >= 4 is 27.7 Å². The summed E-state index contributed by atoms with van der Waals surface area (Å²) in [6.07, 6.45) is 0.819. The zero-order chi connectivity index (χ0) is 21.4. The predicted octanol–water partition coefficient (Wildman–Crippen LogP) is 3.56. The van der Waals surface area contributed by atoms with E-state index < -0.39 is 6.04 Å². The van der Waals surface area contributed by atoms with Crippen LogP contribution >= 0.6 is 15.9 Å². The summed E-state index contributed by atoms with van der Waals surface area (Å²) >= 11 is 3.45. The van der Waals surface area contributed by atoms with Gasteiger partial charge in [0, 0.05) is 24.5 Å². The number of methoxy groups -OCH3 is 2. The minimum Gasteiger partial charge on any atom is -0.493 e. The van der Waals surface area contributed by atoms with Gasteiger partial charge in [-0.05, 0) is 48.7 Å². The van der Waals surface area contributed by atoms with Gasteiger partial charge in [-0.25, -0.2) is 0 Å². The molecule has 2 aromatic rings. The number of aryl methyl sites for hydroxylation is 1. The van der Waals surface area contributed by atoms with E-state index >= 15 is 0 Å². The highest BCUT2D eigenvalue weighted by molar-refractivity contribution is 9.10. The molecule has 0 fully saturated rings. The molecule has 156 valence electrons. The lowest BCUT2D eigenvalue weighted by atomic mass is 10.1. The van der Waals surface area contributed by atoms with Crippen LogP contribution in [0.4, 0.5) is 0 Å². The quantitative estimate of drug-likeness (QED) is 0.618. The van der Waals surface area contributed by atoms with Gasteiger partial charge in [-0.2, -0.15) is 0 Å². The Hall–Kier alpha value is -2.54. The Morgan fingerprint density at radius 2 is 1.79 bits per heavy atom. The first-order valence-electron chi connectivity index (χ1n) is 9.36. The number of carbonyl (C=O) groups excluding carboxylic acids is 2. The number of benzene rings is 2. The number of carbonyl (C=O) groups is 2. The zero-order valence-electron chi connectivity index (χ0n) is 17.2. The SMILES string of the molecule is CNC(=O)C(C)N(Cc1cccc(Br)c1)C(=O)CCc1ccc(OC)c(OC)c1. The van der Waals surface area contributed by atoms with Crippen molar-refractivity contribution < 1.29 is 19.1 Å². The van der Waals surface area contributed by atoms with E-state index in [1.165, 1.54) is 0 Å². The molecule has 0 spiro atoms. The Kier molecular flexibility index (Phi) is 8.51. The molecule has 6 nitrogen and oxygen atoms in total. The van der Waals surface area contributed by atoms with Gasteiger partial charge in [0.2, 0.25) is 11.8 Å². The van der Waals surface area contributed by atoms with Crippen LogP contribution in [0.1, 0.15) is 24.5 Å². The first-order valence-corrected chi connectivity index (χ1v) is 10.1. The maximum atomic E-state index is 13.0. The van der Waals surface area contributed by atoms with Crippen molar-refractivity contribution in [2.75, 3.05) is 21.3 Å². The van der Waals surface area contributed by atoms with E-state index in [9.17, 15) is 9.59 Å². The van der Waals surface area contributed by atoms with Crippen LogP contribution in [-0.2, 0) is 22.6 Å². The number of halogens is 1. The van der Waals surface area contributed by atoms with Gasteiger partial charge in [0.1, 0.15) is 6.04 Å². The molecule has 0 saturated heterocycles. The summed E-state index contributed by atoms with van der Waals surface area (Å²) in [7, 11) is 4.74. The highest BCUT2D eigenvalue weighted by atomic mass is 79.9. The fourth-order valence-electron chi connectivity index (χ4n) is 3.05. The molecule has 0 radical (unpaired) electrons. The first-order chi connectivity index (χ1) is 13.9. The summed E-state index contributed by atoms with van der Waals surface area (Å²) in [5.41, 5.74) is 1.92. The molecular weight excluding hydrogens is 436 g/mol. The van der Waals surface area contributed by atoms with E-state index in [0.29, 0.717) is 24.5 Å². The Morgan fingerprint density at radius 1 is 1.07 bits per heavy atom. The minimum atomic E-state index is -0.572. The van der Waals surface area contributed by atoms with E-state index in [2.05, 4.69) is 21.2 Å². The van der Waals surface area contributed by atoms with E-state index in [4.69, 9.17) is 9.47 Å². The van der Waals surface area contributed by atoms with Gasteiger partial charge in [0.25, 0.3) is 0 Å². The maximum absolute atomic E-state index is 13.0. The topological polar surface area (TPSA) is 67.9 Å². The van der Waals surface area contributed by atoms with Crippen LogP contribution in [-0.4, -0.2) is 44.0 Å². The van der Waals surface area contributed by atoms with Crippen LogP contribution in [0.2, 0.25) is 0 Å². The highest BCUT2D eigenvalue weighted by Gasteiger charge is 2.25. The van der Waals surface area contributed by atoms with Gasteiger partial charge in [-0.1, -0.05) is 34.1 Å². The lowest BCUT2D eigenvalue weighted by molar-refractivity contribution is -0.140. The van der Waals surface area contributed by atoms with Crippen LogP contribution in [0.3, 0.4) is 0 Å². The largest absolute Gasteiger partial charge is 0.493 e. The smallest absolute Gasteiger partial charge is 0.242 e. The normalized spacial score (nSPS) is 11.5. The van der Waals surface area contributed by atoms with Crippen molar-refractivity contribution in [3.63, 3.8) is 0 Å². The number of likely N-dealkylation sites (N-methyl/N-ethyl adjacent to an activating group) is 1. The second-order valence-corrected chi connectivity index (χ2v) is 7.55. The molecule has 2 amide bonds. The third kappa shape index (κ3) is 6.22. The molecule has 0 aliphatic rings. The van der Waals surface area contributed by atoms with Crippen LogP contribution < -0.4 is 14.8 Å². The molecule has 0 bridgehead atoms. The molecule has 7 heteroatoms. The number of amides is 2. The van der Waals surface area contributed by atoms with Crippen molar-refractivity contribution in [1.82, 2.24) is 10.2 Å². The summed E-state index contributed by atoms with van der Waals surface area (Å²) in [6, 6.07) is 12.8. The maximum Gasteiger partial charge on any atom is 0.242 e. The van der Waals surface area contributed by atoms with E-state index in [-0.39, 0.29) is 18.2 Å². The summed E-state index contributed by atoms with van der Waals surface area (Å²) in [5.74, 6) is 0.990. The van der Waals surface area contributed by atoms with Gasteiger partial charge in [0.15, 0.2) is 11.5 Å². The zero-order valence-corrected chi connectivity index (χ0v) is 18.8. The highest BCUT2D eigenvalue weighted by Crippen LogP contribution is 2.28. The Balaban J connectivity index is 2.15. The molecule has 0 aliphatic heterocycles. The molecular formula is C22H27BrN2O4. The molecule has 29 heavy (non-hydrogen) atoms. The molecule has 0 heterocycles. The number of nitrogens with one attached hydrogen (secondary N) is 1. The molecule has 0 aromatic heterocycles. The number of ether oxygens (including phenoxy) is 2. The lowest BCUT2D eigenvalue weighted by Gasteiger charge is -2.28. The average molecular weight is 463 g/mol. The van der Waals surface area contributed by atoms with Crippen molar-refractivity contribution in [2.45, 2.75) is 32.4 Å². The Morgan fingerprint density at radius 3 is 2.41 bits per heavy atom. The van der Waals surface area contributed by atoms with Gasteiger partial charge in [0.05, 0.1) is 14.2 Å². The first kappa shape index (κ1) is 22.7. The lowest BCUT2D eigenvalue weighted by Crippen LogP contribution is -2.46. The standard InChI is InChI=1S/C22H27BrN2O4/c1-15(22(27)24-2)25(14-17-6-5-7-18(23)12-17)21(26)11-9-16-8-10-19(28-3)20(13-16)29-4/h5-8,10,12-13,15H,9,11,14H2,1-4H3,(H,24,27). The molecule has 2 rings (SSSR count). The summed E-state index contributed by atoms with van der Waals surface area (Å²) in [4.78, 5) is 26.8. The number of hydrogen-bond acceptors (Lipinski definition) is 4. The predicted molar refractivity (Wildman–Crippen MR) is 116 cm³/mol. The monoisotopic (exact) mass is 462 g/mol.